The summed E-state index contributed by atoms with van der Waals surface area (Å²) in [6.45, 7) is 3.09. The fourth-order valence-electron chi connectivity index (χ4n) is 3.06. The Balaban J connectivity index is 1.55. The van der Waals surface area contributed by atoms with Gasteiger partial charge in [-0.25, -0.2) is 4.98 Å². The lowest BCUT2D eigenvalue weighted by Crippen LogP contribution is -2.28. The number of hydrogen-bond acceptors (Lipinski definition) is 4. The molecule has 6 nitrogen and oxygen atoms in total. The monoisotopic (exact) mass is 334 g/mol. The molecule has 6 heteroatoms. The molecule has 0 atom stereocenters. The fraction of sp³-hybridized carbons (Fsp3) is 0.211. The largest absolute Gasteiger partial charge is 0.497 e. The van der Waals surface area contributed by atoms with Crippen molar-refractivity contribution < 1.29 is 9.53 Å². The van der Waals surface area contributed by atoms with E-state index in [0.717, 1.165) is 28.0 Å². The van der Waals surface area contributed by atoms with Gasteiger partial charge in [0.15, 0.2) is 5.65 Å². The number of H-pyrrole nitrogens is 1. The number of aromatic amines is 1. The van der Waals surface area contributed by atoms with Crippen LogP contribution in [0.25, 0.3) is 16.6 Å². The molecule has 0 radical (unpaired) electrons. The molecule has 0 unspecified atom stereocenters. The number of rotatable bonds is 3. The topological polar surface area (TPSA) is 71.1 Å². The van der Waals surface area contributed by atoms with E-state index in [1.807, 2.05) is 42.2 Å². The van der Waals surface area contributed by atoms with Crippen LogP contribution in [0.4, 0.5) is 0 Å². The number of benzene rings is 1. The molecule has 126 valence electrons. The maximum atomic E-state index is 12.8. The van der Waals surface area contributed by atoms with Gasteiger partial charge in [-0.05, 0) is 36.3 Å². The Morgan fingerprint density at radius 2 is 2.20 bits per heavy atom. The number of amides is 1. The number of fused-ring (bicyclic) bond motifs is 1. The Morgan fingerprint density at radius 1 is 1.32 bits per heavy atom. The molecule has 1 N–H and O–H groups in total. The van der Waals surface area contributed by atoms with Gasteiger partial charge >= 0.3 is 0 Å². The molecular weight excluding hydrogens is 316 g/mol. The molecule has 0 spiro atoms. The average molecular weight is 334 g/mol. The van der Waals surface area contributed by atoms with Crippen LogP contribution in [0.5, 0.6) is 5.75 Å². The highest BCUT2D eigenvalue weighted by Crippen LogP contribution is 2.25. The first-order valence-corrected chi connectivity index (χ1v) is 8.09. The first-order chi connectivity index (χ1) is 12.2. The average Bonchev–Trinajstić information content (AvgIpc) is 3.28. The van der Waals surface area contributed by atoms with Crippen molar-refractivity contribution in [1.82, 2.24) is 20.1 Å². The van der Waals surface area contributed by atoms with Crippen LogP contribution in [0, 0.1) is 6.92 Å². The molecule has 1 amide bonds. The van der Waals surface area contributed by atoms with Crippen molar-refractivity contribution in [3.63, 3.8) is 0 Å². The fourth-order valence-corrected chi connectivity index (χ4v) is 3.06. The van der Waals surface area contributed by atoms with Crippen LogP contribution >= 0.6 is 0 Å². The van der Waals surface area contributed by atoms with Gasteiger partial charge in [0.25, 0.3) is 5.91 Å². The zero-order valence-corrected chi connectivity index (χ0v) is 14.1. The minimum Gasteiger partial charge on any atom is -0.497 e. The third-order valence-corrected chi connectivity index (χ3v) is 4.49. The third kappa shape index (κ3) is 2.76. The summed E-state index contributed by atoms with van der Waals surface area (Å²) >= 11 is 0. The molecule has 1 aliphatic rings. The van der Waals surface area contributed by atoms with E-state index in [9.17, 15) is 4.79 Å². The van der Waals surface area contributed by atoms with E-state index in [-0.39, 0.29) is 5.91 Å². The Hall–Kier alpha value is -3.15. The van der Waals surface area contributed by atoms with Crippen LogP contribution in [0.2, 0.25) is 0 Å². The lowest BCUT2D eigenvalue weighted by molar-refractivity contribution is 0.0801. The standard InChI is InChI=1S/C19H18N4O2/c1-12-17-9-15(10-20-18(17)22-21-12)19(24)23-7-6-14(11-23)13-4-3-5-16(8-13)25-2/h3-6,8-10H,7,11H2,1-2H3,(H,20,21,22). The Bertz CT molecular complexity index is 990. The number of pyridine rings is 1. The van der Waals surface area contributed by atoms with Crippen LogP contribution in [0.1, 0.15) is 21.6 Å². The molecule has 0 saturated heterocycles. The van der Waals surface area contributed by atoms with Crippen LogP contribution in [0.15, 0.2) is 42.6 Å². The van der Waals surface area contributed by atoms with Crippen molar-refractivity contribution in [2.75, 3.05) is 20.2 Å². The Kier molecular flexibility index (Phi) is 3.72. The van der Waals surface area contributed by atoms with Crippen LogP contribution < -0.4 is 4.74 Å². The SMILES string of the molecule is COc1cccc(C2=CCN(C(=O)c3cnc4n[nH]c(C)c4c3)C2)c1. The molecule has 3 aromatic rings. The van der Waals surface area contributed by atoms with Gasteiger partial charge in [-0.2, -0.15) is 5.10 Å². The van der Waals surface area contributed by atoms with E-state index in [1.165, 1.54) is 0 Å². The van der Waals surface area contributed by atoms with E-state index in [0.29, 0.717) is 24.3 Å². The zero-order valence-electron chi connectivity index (χ0n) is 14.1. The highest BCUT2D eigenvalue weighted by atomic mass is 16.5. The molecule has 1 aliphatic heterocycles. The molecule has 2 aromatic heterocycles. The summed E-state index contributed by atoms with van der Waals surface area (Å²) in [5, 5.41) is 7.87. The number of methoxy groups -OCH3 is 1. The van der Waals surface area contributed by atoms with Crippen molar-refractivity contribution in [2.24, 2.45) is 0 Å². The van der Waals surface area contributed by atoms with Gasteiger partial charge in [-0.15, -0.1) is 0 Å². The number of ether oxygens (including phenoxy) is 1. The quantitative estimate of drug-likeness (QED) is 0.799. The first kappa shape index (κ1) is 15.4. The summed E-state index contributed by atoms with van der Waals surface area (Å²) in [4.78, 5) is 18.9. The smallest absolute Gasteiger partial charge is 0.256 e. The molecule has 25 heavy (non-hydrogen) atoms. The number of aromatic nitrogens is 3. The molecule has 4 rings (SSSR count). The predicted octanol–water partition coefficient (Wildman–Crippen LogP) is 2.81. The van der Waals surface area contributed by atoms with Gasteiger partial charge in [0.05, 0.1) is 12.7 Å². The second-order valence-corrected chi connectivity index (χ2v) is 6.09. The maximum Gasteiger partial charge on any atom is 0.256 e. The summed E-state index contributed by atoms with van der Waals surface area (Å²) in [6.07, 6.45) is 3.68. The van der Waals surface area contributed by atoms with Crippen LogP contribution in [-0.2, 0) is 0 Å². The maximum absolute atomic E-state index is 12.8. The predicted molar refractivity (Wildman–Crippen MR) is 95.5 cm³/mol. The normalized spacial score (nSPS) is 14.0. The number of carbonyl (C=O) groups is 1. The number of aryl methyl sites for hydroxylation is 1. The summed E-state index contributed by atoms with van der Waals surface area (Å²) in [5.41, 5.74) is 4.33. The number of hydrogen-bond donors (Lipinski definition) is 1. The summed E-state index contributed by atoms with van der Waals surface area (Å²) in [5.74, 6) is 0.789. The van der Waals surface area contributed by atoms with Gasteiger partial charge in [0.2, 0.25) is 0 Å². The summed E-state index contributed by atoms with van der Waals surface area (Å²) in [7, 11) is 1.65. The van der Waals surface area contributed by atoms with Crippen molar-refractivity contribution >= 4 is 22.5 Å². The second kappa shape index (κ2) is 6.05. The van der Waals surface area contributed by atoms with Crippen molar-refractivity contribution in [1.29, 1.82) is 0 Å². The summed E-state index contributed by atoms with van der Waals surface area (Å²) < 4.78 is 5.28. The number of nitrogens with zero attached hydrogens (tertiary/aromatic N) is 3. The molecule has 0 fully saturated rings. The molecule has 0 aliphatic carbocycles. The van der Waals surface area contributed by atoms with E-state index in [2.05, 4.69) is 21.3 Å². The van der Waals surface area contributed by atoms with Crippen LogP contribution in [-0.4, -0.2) is 46.2 Å². The molecule has 0 saturated carbocycles. The van der Waals surface area contributed by atoms with Crippen molar-refractivity contribution in [3.8, 4) is 5.75 Å². The number of carbonyl (C=O) groups excluding carboxylic acids is 1. The molecule has 3 heterocycles. The van der Waals surface area contributed by atoms with Crippen LogP contribution in [0.3, 0.4) is 0 Å². The first-order valence-electron chi connectivity index (χ1n) is 8.09. The van der Waals surface area contributed by atoms with E-state index in [1.54, 1.807) is 13.3 Å². The lowest BCUT2D eigenvalue weighted by Gasteiger charge is -2.16. The minimum absolute atomic E-state index is 0.0239. The van der Waals surface area contributed by atoms with E-state index < -0.39 is 0 Å². The van der Waals surface area contributed by atoms with Gasteiger partial charge in [0, 0.05) is 30.4 Å². The highest BCUT2D eigenvalue weighted by molar-refractivity contribution is 5.98. The third-order valence-electron chi connectivity index (χ3n) is 4.49. The summed E-state index contributed by atoms with van der Waals surface area (Å²) in [6, 6.07) is 9.75. The Morgan fingerprint density at radius 3 is 3.04 bits per heavy atom. The number of nitrogens with one attached hydrogen (secondary N) is 1. The molecular formula is C19H18N4O2. The van der Waals surface area contributed by atoms with Crippen molar-refractivity contribution in [3.05, 3.63) is 59.4 Å². The van der Waals surface area contributed by atoms with Crippen molar-refractivity contribution in [2.45, 2.75) is 6.92 Å². The van der Waals surface area contributed by atoms with Gasteiger partial charge < -0.3 is 9.64 Å². The van der Waals surface area contributed by atoms with E-state index >= 15 is 0 Å². The second-order valence-electron chi connectivity index (χ2n) is 6.09. The van der Waals surface area contributed by atoms with Gasteiger partial charge in [0.1, 0.15) is 5.75 Å². The molecule has 0 bridgehead atoms. The van der Waals surface area contributed by atoms with E-state index in [4.69, 9.17) is 4.74 Å². The minimum atomic E-state index is -0.0239. The highest BCUT2D eigenvalue weighted by Gasteiger charge is 2.22. The lowest BCUT2D eigenvalue weighted by atomic mass is 10.1. The zero-order chi connectivity index (χ0) is 17.4. The van der Waals surface area contributed by atoms with Gasteiger partial charge in [-0.3, -0.25) is 9.89 Å². The molecule has 1 aromatic carbocycles. The van der Waals surface area contributed by atoms with Gasteiger partial charge in [-0.1, -0.05) is 18.2 Å². The Labute approximate surface area is 145 Å².